The number of hydrogen-bond donors (Lipinski definition) is 3. The van der Waals surface area contributed by atoms with Crippen LogP contribution in [-0.2, 0) is 10.2 Å². The molecule has 0 fully saturated rings. The third-order valence-corrected chi connectivity index (χ3v) is 6.65. The highest BCUT2D eigenvalue weighted by atomic mass is 16.2. The molecule has 9 heteroatoms. The van der Waals surface area contributed by atoms with Crippen LogP contribution in [0.3, 0.4) is 0 Å². The first-order valence-electron chi connectivity index (χ1n) is 11.4. The largest absolute Gasteiger partial charge is 0.337 e. The van der Waals surface area contributed by atoms with Crippen LogP contribution in [0.15, 0.2) is 54.9 Å². The highest BCUT2D eigenvalue weighted by molar-refractivity contribution is 6.10. The molecular formula is C26H23N7O2. The van der Waals surface area contributed by atoms with Crippen molar-refractivity contribution in [1.29, 1.82) is 0 Å². The van der Waals surface area contributed by atoms with E-state index in [1.807, 2.05) is 56.0 Å². The summed E-state index contributed by atoms with van der Waals surface area (Å²) < 4.78 is 0. The molecule has 2 amide bonds. The Kier molecular flexibility index (Phi) is 4.50. The highest BCUT2D eigenvalue weighted by Gasteiger charge is 2.43. The van der Waals surface area contributed by atoms with Crippen molar-refractivity contribution >= 4 is 45.1 Å². The molecule has 0 spiro atoms. The van der Waals surface area contributed by atoms with Crippen LogP contribution in [0.5, 0.6) is 0 Å². The number of carbonyl (C=O) groups excluding carboxylic acids is 2. The number of aromatic nitrogens is 5. The van der Waals surface area contributed by atoms with E-state index in [-0.39, 0.29) is 11.8 Å². The van der Waals surface area contributed by atoms with E-state index in [9.17, 15) is 9.59 Å². The van der Waals surface area contributed by atoms with Gasteiger partial charge in [-0.2, -0.15) is 5.10 Å². The Bertz CT molecular complexity index is 1630. The van der Waals surface area contributed by atoms with Crippen molar-refractivity contribution < 1.29 is 9.59 Å². The number of pyridine rings is 1. The fourth-order valence-electron chi connectivity index (χ4n) is 4.74. The number of benzene rings is 2. The molecule has 3 aromatic heterocycles. The van der Waals surface area contributed by atoms with Gasteiger partial charge in [0.15, 0.2) is 5.82 Å². The van der Waals surface area contributed by atoms with Gasteiger partial charge in [0.2, 0.25) is 5.91 Å². The molecule has 0 saturated heterocycles. The average molecular weight is 466 g/mol. The molecule has 1 aliphatic heterocycles. The van der Waals surface area contributed by atoms with Gasteiger partial charge in [-0.3, -0.25) is 19.7 Å². The molecule has 35 heavy (non-hydrogen) atoms. The first-order chi connectivity index (χ1) is 16.9. The van der Waals surface area contributed by atoms with Gasteiger partial charge in [-0.15, -0.1) is 0 Å². The maximum absolute atomic E-state index is 12.9. The summed E-state index contributed by atoms with van der Waals surface area (Å²) in [6.45, 7) is 6.49. The maximum Gasteiger partial charge on any atom is 0.255 e. The highest BCUT2D eigenvalue weighted by Crippen LogP contribution is 2.43. The number of rotatable bonds is 4. The average Bonchev–Trinajstić information content (AvgIpc) is 3.51. The number of anilines is 2. The quantitative estimate of drug-likeness (QED) is 0.363. The Labute approximate surface area is 200 Å². The number of carbonyl (C=O) groups is 2. The molecule has 0 unspecified atom stereocenters. The van der Waals surface area contributed by atoms with Crippen LogP contribution in [0.4, 0.5) is 11.4 Å². The van der Waals surface area contributed by atoms with Gasteiger partial charge >= 0.3 is 0 Å². The summed E-state index contributed by atoms with van der Waals surface area (Å²) in [5, 5.41) is 11.3. The van der Waals surface area contributed by atoms with Crippen molar-refractivity contribution in [3.05, 3.63) is 66.0 Å². The summed E-state index contributed by atoms with van der Waals surface area (Å²) in [5.41, 5.74) is 5.56. The zero-order chi connectivity index (χ0) is 24.3. The molecule has 9 nitrogen and oxygen atoms in total. The predicted octanol–water partition coefficient (Wildman–Crippen LogP) is 4.40. The Morgan fingerprint density at radius 1 is 1.09 bits per heavy atom. The van der Waals surface area contributed by atoms with E-state index < -0.39 is 5.41 Å². The number of nitrogens with one attached hydrogen (secondary N) is 3. The summed E-state index contributed by atoms with van der Waals surface area (Å²) >= 11 is 0. The van der Waals surface area contributed by atoms with Crippen molar-refractivity contribution in [2.24, 2.45) is 0 Å². The van der Waals surface area contributed by atoms with Crippen LogP contribution in [0, 0.1) is 0 Å². The Morgan fingerprint density at radius 3 is 2.66 bits per heavy atom. The van der Waals surface area contributed by atoms with Crippen LogP contribution in [0.2, 0.25) is 0 Å². The molecule has 3 N–H and O–H groups in total. The van der Waals surface area contributed by atoms with Gasteiger partial charge in [0.1, 0.15) is 5.69 Å². The second kappa shape index (κ2) is 7.49. The summed E-state index contributed by atoms with van der Waals surface area (Å²) in [7, 11) is 0. The summed E-state index contributed by atoms with van der Waals surface area (Å²) in [6.07, 6.45) is 3.17. The number of aromatic amines is 2. The molecule has 174 valence electrons. The first-order valence-corrected chi connectivity index (χ1v) is 11.4. The number of fused-ring (bicyclic) bond motifs is 3. The lowest BCUT2D eigenvalue weighted by atomic mass is 9.86. The Hall–Kier alpha value is -4.53. The van der Waals surface area contributed by atoms with E-state index in [1.165, 1.54) is 0 Å². The number of imidazole rings is 1. The molecule has 6 rings (SSSR count). The lowest BCUT2D eigenvalue weighted by molar-refractivity contribution is -0.122. The van der Waals surface area contributed by atoms with Crippen LogP contribution < -0.4 is 10.2 Å². The molecule has 4 heterocycles. The van der Waals surface area contributed by atoms with E-state index in [1.54, 1.807) is 24.5 Å². The van der Waals surface area contributed by atoms with Gasteiger partial charge in [-0.25, -0.2) is 4.98 Å². The molecule has 0 aliphatic carbocycles. The smallest absolute Gasteiger partial charge is 0.255 e. The molecule has 0 radical (unpaired) electrons. The van der Waals surface area contributed by atoms with Crippen LogP contribution >= 0.6 is 0 Å². The molecule has 0 bridgehead atoms. The minimum Gasteiger partial charge on any atom is -0.337 e. The van der Waals surface area contributed by atoms with E-state index >= 15 is 0 Å². The zero-order valence-electron chi connectivity index (χ0n) is 19.5. The molecule has 5 aromatic rings. The maximum atomic E-state index is 12.9. The Morgan fingerprint density at radius 2 is 1.89 bits per heavy atom. The standard InChI is InChI=1S/C26H23N7O2/c1-4-33-21-13-20-19(12-17(21)26(2,3)25(33)35)29-23(30-20)22-16-11-15(5-6-18(16)31-32-22)28-24(34)14-7-9-27-10-8-14/h5-13H,4H2,1-3H3,(H,28,34)(H,29,30)(H,31,32). The summed E-state index contributed by atoms with van der Waals surface area (Å²) in [5.74, 6) is 0.495. The zero-order valence-corrected chi connectivity index (χ0v) is 19.5. The monoisotopic (exact) mass is 465 g/mol. The summed E-state index contributed by atoms with van der Waals surface area (Å²) in [6, 6.07) is 12.9. The number of nitrogens with zero attached hydrogens (tertiary/aromatic N) is 4. The lowest BCUT2D eigenvalue weighted by Crippen LogP contribution is -2.35. The molecule has 0 atom stereocenters. The van der Waals surface area contributed by atoms with Crippen LogP contribution in [-0.4, -0.2) is 43.5 Å². The second-order valence-electron chi connectivity index (χ2n) is 9.17. The number of hydrogen-bond acceptors (Lipinski definition) is 5. The van der Waals surface area contributed by atoms with Gasteiger partial charge in [0, 0.05) is 35.6 Å². The van der Waals surface area contributed by atoms with Crippen LogP contribution in [0.25, 0.3) is 33.5 Å². The van der Waals surface area contributed by atoms with Gasteiger partial charge < -0.3 is 15.2 Å². The molecule has 2 aromatic carbocycles. The molecule has 1 aliphatic rings. The lowest BCUT2D eigenvalue weighted by Gasteiger charge is -2.18. The van der Waals surface area contributed by atoms with Gasteiger partial charge in [0.25, 0.3) is 5.91 Å². The fraction of sp³-hybridized carbons (Fsp3) is 0.192. The van der Waals surface area contributed by atoms with Gasteiger partial charge in [-0.1, -0.05) is 0 Å². The number of H-pyrrole nitrogens is 2. The van der Waals surface area contributed by atoms with E-state index in [2.05, 4.69) is 25.5 Å². The van der Waals surface area contributed by atoms with Crippen LogP contribution in [0.1, 0.15) is 36.7 Å². The second-order valence-corrected chi connectivity index (χ2v) is 9.17. The predicted molar refractivity (Wildman–Crippen MR) is 134 cm³/mol. The van der Waals surface area contributed by atoms with Crippen molar-refractivity contribution in [3.8, 4) is 11.5 Å². The Balaban J connectivity index is 1.40. The SMILES string of the molecule is CCN1C(=O)C(C)(C)c2cc3[nH]c(-c4n[nH]c5ccc(NC(=O)c6ccncc6)cc45)nc3cc21. The molecule has 0 saturated carbocycles. The molecular weight excluding hydrogens is 442 g/mol. The topological polar surface area (TPSA) is 120 Å². The minimum absolute atomic E-state index is 0.0996. The first kappa shape index (κ1) is 21.0. The summed E-state index contributed by atoms with van der Waals surface area (Å²) in [4.78, 5) is 39.4. The normalized spacial score (nSPS) is 14.6. The number of amides is 2. The van der Waals surface area contributed by atoms with Gasteiger partial charge in [-0.05, 0) is 68.8 Å². The third kappa shape index (κ3) is 3.19. The van der Waals surface area contributed by atoms with Crippen molar-refractivity contribution in [1.82, 2.24) is 25.1 Å². The number of likely N-dealkylation sites (N-methyl/N-ethyl adjacent to an activating group) is 1. The van der Waals surface area contributed by atoms with E-state index in [0.29, 0.717) is 29.3 Å². The van der Waals surface area contributed by atoms with Crippen molar-refractivity contribution in [2.75, 3.05) is 16.8 Å². The fourth-order valence-corrected chi connectivity index (χ4v) is 4.74. The van der Waals surface area contributed by atoms with Crippen molar-refractivity contribution in [3.63, 3.8) is 0 Å². The third-order valence-electron chi connectivity index (χ3n) is 6.65. The minimum atomic E-state index is -0.592. The van der Waals surface area contributed by atoms with Gasteiger partial charge in [0.05, 0.1) is 27.7 Å². The van der Waals surface area contributed by atoms with Crippen molar-refractivity contribution in [2.45, 2.75) is 26.2 Å². The van der Waals surface area contributed by atoms with E-state index in [0.717, 1.165) is 33.2 Å². The van der Waals surface area contributed by atoms with E-state index in [4.69, 9.17) is 4.98 Å².